The van der Waals surface area contributed by atoms with Crippen LogP contribution in [0.3, 0.4) is 0 Å². The first-order valence-electron chi connectivity index (χ1n) is 12.1. The van der Waals surface area contributed by atoms with Crippen LogP contribution in [0.5, 0.6) is 5.75 Å². The van der Waals surface area contributed by atoms with E-state index >= 15 is 0 Å². The van der Waals surface area contributed by atoms with E-state index in [0.717, 1.165) is 5.56 Å². The molecule has 0 radical (unpaired) electrons. The Labute approximate surface area is 208 Å². The molecule has 2 aliphatic heterocycles. The van der Waals surface area contributed by atoms with E-state index in [-0.39, 0.29) is 43.9 Å². The number of benzene rings is 2. The van der Waals surface area contributed by atoms with E-state index in [1.807, 2.05) is 18.2 Å². The molecule has 1 aliphatic carbocycles. The largest absolute Gasteiger partial charge is 0.486 e. The van der Waals surface area contributed by atoms with Crippen molar-refractivity contribution in [2.24, 2.45) is 5.92 Å². The van der Waals surface area contributed by atoms with Gasteiger partial charge in [0.15, 0.2) is 0 Å². The molecule has 0 bridgehead atoms. The minimum Gasteiger partial charge on any atom is -0.486 e. The zero-order valence-electron chi connectivity index (χ0n) is 19.7. The highest BCUT2D eigenvalue weighted by molar-refractivity contribution is 5.96. The number of carbonyl (C=O) groups excluding carboxylic acids is 2. The van der Waals surface area contributed by atoms with Gasteiger partial charge in [0.05, 0.1) is 31.1 Å². The predicted molar refractivity (Wildman–Crippen MR) is 127 cm³/mol. The number of ether oxygens (including phenoxy) is 2. The monoisotopic (exact) mass is 496 g/mol. The minimum atomic E-state index is -1.12. The molecule has 190 valence electrons. The molecule has 2 amide bonds. The lowest BCUT2D eigenvalue weighted by molar-refractivity contribution is -0.142. The van der Waals surface area contributed by atoms with E-state index in [2.05, 4.69) is 5.32 Å². The van der Waals surface area contributed by atoms with Gasteiger partial charge in [0.1, 0.15) is 23.8 Å². The van der Waals surface area contributed by atoms with Crippen molar-refractivity contribution in [3.8, 4) is 5.75 Å². The molecule has 1 saturated heterocycles. The second-order valence-electron chi connectivity index (χ2n) is 9.33. The average molecular weight is 497 g/mol. The van der Waals surface area contributed by atoms with Gasteiger partial charge in [-0.05, 0) is 36.3 Å². The highest BCUT2D eigenvalue weighted by Crippen LogP contribution is 2.47. The summed E-state index contributed by atoms with van der Waals surface area (Å²) in [6.45, 7) is 0.721. The Kier molecular flexibility index (Phi) is 7.04. The van der Waals surface area contributed by atoms with Gasteiger partial charge in [0.25, 0.3) is 0 Å². The number of carbonyl (C=O) groups is 2. The molecule has 5 atom stereocenters. The summed E-state index contributed by atoms with van der Waals surface area (Å²) >= 11 is 0. The number of rotatable bonds is 7. The number of para-hydroxylation sites is 1. The Hall–Kier alpha value is -3.27. The smallest absolute Gasteiger partial charge is 0.247 e. The number of amides is 2. The zero-order valence-corrected chi connectivity index (χ0v) is 19.7. The third-order valence-corrected chi connectivity index (χ3v) is 7.07. The van der Waals surface area contributed by atoms with Crippen molar-refractivity contribution < 1.29 is 33.7 Å². The van der Waals surface area contributed by atoms with E-state index in [1.54, 1.807) is 29.2 Å². The summed E-state index contributed by atoms with van der Waals surface area (Å²) in [5, 5.41) is 23.5. The van der Waals surface area contributed by atoms with Crippen LogP contribution in [0, 0.1) is 11.7 Å². The molecule has 2 aromatic carbocycles. The third kappa shape index (κ3) is 4.61. The first kappa shape index (κ1) is 24.4. The SMILES string of the molecule is O=C(NCCO)C1=CC(N(Cc2ccc(F)cc2)C(=O)C2CCOC2)C(O)C2Oc3ccccc3C12. The topological polar surface area (TPSA) is 108 Å². The van der Waals surface area contributed by atoms with Crippen LogP contribution < -0.4 is 10.1 Å². The number of hydrogen-bond acceptors (Lipinski definition) is 6. The van der Waals surface area contributed by atoms with Crippen molar-refractivity contribution in [1.29, 1.82) is 0 Å². The fourth-order valence-corrected chi connectivity index (χ4v) is 5.27. The van der Waals surface area contributed by atoms with Crippen molar-refractivity contribution in [3.05, 3.63) is 77.1 Å². The maximum Gasteiger partial charge on any atom is 0.247 e. The van der Waals surface area contributed by atoms with Gasteiger partial charge in [-0.2, -0.15) is 0 Å². The van der Waals surface area contributed by atoms with Crippen LogP contribution in [0.25, 0.3) is 0 Å². The maximum absolute atomic E-state index is 13.7. The minimum absolute atomic E-state index is 0.0704. The van der Waals surface area contributed by atoms with Gasteiger partial charge in [-0.3, -0.25) is 9.59 Å². The number of nitrogens with zero attached hydrogens (tertiary/aromatic N) is 1. The molecule has 5 rings (SSSR count). The normalized spacial score (nSPS) is 26.4. The van der Waals surface area contributed by atoms with E-state index in [0.29, 0.717) is 29.9 Å². The number of nitrogens with one attached hydrogen (secondary N) is 1. The highest BCUT2D eigenvalue weighted by atomic mass is 19.1. The van der Waals surface area contributed by atoms with Gasteiger partial charge in [-0.15, -0.1) is 0 Å². The summed E-state index contributed by atoms with van der Waals surface area (Å²) in [4.78, 5) is 28.4. The summed E-state index contributed by atoms with van der Waals surface area (Å²) in [6, 6.07) is 12.3. The van der Waals surface area contributed by atoms with Gasteiger partial charge < -0.3 is 29.9 Å². The Balaban J connectivity index is 1.55. The van der Waals surface area contributed by atoms with Gasteiger partial charge in [-0.1, -0.05) is 30.3 Å². The first-order valence-corrected chi connectivity index (χ1v) is 12.1. The molecule has 36 heavy (non-hydrogen) atoms. The van der Waals surface area contributed by atoms with Crippen LogP contribution in [-0.2, 0) is 20.9 Å². The quantitative estimate of drug-likeness (QED) is 0.537. The lowest BCUT2D eigenvalue weighted by atomic mass is 9.77. The van der Waals surface area contributed by atoms with Crippen molar-refractivity contribution in [3.63, 3.8) is 0 Å². The molecule has 5 unspecified atom stereocenters. The number of aliphatic hydroxyl groups is 2. The average Bonchev–Trinajstić information content (AvgIpc) is 3.56. The first-order chi connectivity index (χ1) is 17.5. The van der Waals surface area contributed by atoms with E-state index in [4.69, 9.17) is 9.47 Å². The van der Waals surface area contributed by atoms with Gasteiger partial charge in [0.2, 0.25) is 11.8 Å². The number of fused-ring (bicyclic) bond motifs is 3. The van der Waals surface area contributed by atoms with E-state index < -0.39 is 30.1 Å². The second-order valence-corrected chi connectivity index (χ2v) is 9.33. The molecule has 3 N–H and O–H groups in total. The molecule has 0 aromatic heterocycles. The zero-order chi connectivity index (χ0) is 25.2. The Morgan fingerprint density at radius 1 is 1.14 bits per heavy atom. The van der Waals surface area contributed by atoms with E-state index in [9.17, 15) is 24.2 Å². The molecular weight excluding hydrogens is 467 g/mol. The lowest BCUT2D eigenvalue weighted by Gasteiger charge is -2.41. The standard InChI is InChI=1S/C27H29FN2O6/c28-18-7-5-16(6-8-18)14-30(27(34)17-9-12-35-15-17)21-13-20(26(33)29-10-11-31)23-19-3-1-2-4-22(19)36-25(23)24(21)32/h1-8,13,17,21,23-25,31-32H,9-12,14-15H2,(H,29,33). The molecule has 3 aliphatic rings. The fourth-order valence-electron chi connectivity index (χ4n) is 5.27. The summed E-state index contributed by atoms with van der Waals surface area (Å²) in [5.41, 5.74) is 1.84. The Morgan fingerprint density at radius 3 is 2.64 bits per heavy atom. The summed E-state index contributed by atoms with van der Waals surface area (Å²) in [6.07, 6.45) is 0.295. The third-order valence-electron chi connectivity index (χ3n) is 7.07. The molecule has 8 nitrogen and oxygen atoms in total. The number of aliphatic hydroxyl groups excluding tert-OH is 2. The van der Waals surface area contributed by atoms with E-state index in [1.165, 1.54) is 12.1 Å². The molecule has 1 fully saturated rings. The highest BCUT2D eigenvalue weighted by Gasteiger charge is 2.50. The van der Waals surface area contributed by atoms with Gasteiger partial charge >= 0.3 is 0 Å². The fraction of sp³-hybridized carbons (Fsp3) is 0.407. The number of hydrogen-bond donors (Lipinski definition) is 3. The second kappa shape index (κ2) is 10.4. The maximum atomic E-state index is 13.7. The van der Waals surface area contributed by atoms with Crippen molar-refractivity contribution >= 4 is 11.8 Å². The number of halogens is 1. The molecular formula is C27H29FN2O6. The predicted octanol–water partition coefficient (Wildman–Crippen LogP) is 1.51. The van der Waals surface area contributed by atoms with Gasteiger partial charge in [0, 0.05) is 30.8 Å². The van der Waals surface area contributed by atoms with Crippen molar-refractivity contribution in [2.75, 3.05) is 26.4 Å². The van der Waals surface area contributed by atoms with Crippen LogP contribution in [0.4, 0.5) is 4.39 Å². The van der Waals surface area contributed by atoms with Crippen molar-refractivity contribution in [1.82, 2.24) is 10.2 Å². The van der Waals surface area contributed by atoms with Crippen LogP contribution in [0.1, 0.15) is 23.5 Å². The lowest BCUT2D eigenvalue weighted by Crippen LogP contribution is -2.56. The van der Waals surface area contributed by atoms with Gasteiger partial charge in [-0.25, -0.2) is 4.39 Å². The molecule has 0 saturated carbocycles. The Morgan fingerprint density at radius 2 is 1.92 bits per heavy atom. The molecule has 9 heteroatoms. The summed E-state index contributed by atoms with van der Waals surface area (Å²) in [5.74, 6) is -1.31. The van der Waals surface area contributed by atoms with Crippen molar-refractivity contribution in [2.45, 2.75) is 37.1 Å². The summed E-state index contributed by atoms with van der Waals surface area (Å²) in [7, 11) is 0. The molecule has 2 heterocycles. The Bertz CT molecular complexity index is 1150. The molecule has 0 spiro atoms. The van der Waals surface area contributed by atoms with Crippen LogP contribution in [0.2, 0.25) is 0 Å². The van der Waals surface area contributed by atoms with Crippen LogP contribution in [0.15, 0.2) is 60.2 Å². The molecule has 2 aromatic rings. The summed E-state index contributed by atoms with van der Waals surface area (Å²) < 4.78 is 25.1. The van der Waals surface area contributed by atoms with Crippen LogP contribution in [-0.4, -0.2) is 71.5 Å². The van der Waals surface area contributed by atoms with Crippen LogP contribution >= 0.6 is 0 Å².